The van der Waals surface area contributed by atoms with Gasteiger partial charge in [-0.1, -0.05) is 54.6 Å². The fourth-order valence-electron chi connectivity index (χ4n) is 3.58. The molecule has 0 atom stereocenters. The van der Waals surface area contributed by atoms with Crippen molar-refractivity contribution < 1.29 is 9.21 Å². The number of benzene rings is 3. The van der Waals surface area contributed by atoms with Crippen LogP contribution in [-0.4, -0.2) is 15.8 Å². The minimum Gasteiger partial charge on any atom is -0.408 e. The average Bonchev–Trinajstić information content (AvgIpc) is 3.21. The van der Waals surface area contributed by atoms with Gasteiger partial charge in [0, 0.05) is 11.1 Å². The standard InChI is InChI=1S/C23H16N2O3/c26-22-18-9-5-4-8-17(18)20(12-15-6-2-1-3-7-15)25(22)14-16-10-11-19-21(13-16)28-23(27)24-19/h1-13H,14H2,(H,24,27)/b20-12+. The van der Waals surface area contributed by atoms with Crippen LogP contribution < -0.4 is 5.76 Å². The fraction of sp³-hybridized carbons (Fsp3) is 0.0435. The fourth-order valence-corrected chi connectivity index (χ4v) is 3.58. The topological polar surface area (TPSA) is 66.3 Å². The third kappa shape index (κ3) is 2.74. The van der Waals surface area contributed by atoms with Gasteiger partial charge in [-0.05, 0) is 35.4 Å². The van der Waals surface area contributed by atoms with Gasteiger partial charge in [0.2, 0.25) is 0 Å². The smallest absolute Gasteiger partial charge is 0.408 e. The van der Waals surface area contributed by atoms with Crippen molar-refractivity contribution in [2.24, 2.45) is 0 Å². The Labute approximate surface area is 160 Å². The number of H-pyrrole nitrogens is 1. The molecule has 5 nitrogen and oxygen atoms in total. The van der Waals surface area contributed by atoms with Gasteiger partial charge in [-0.25, -0.2) is 4.79 Å². The van der Waals surface area contributed by atoms with Crippen LogP contribution in [0.15, 0.2) is 82.0 Å². The Morgan fingerprint density at radius 2 is 1.64 bits per heavy atom. The van der Waals surface area contributed by atoms with Crippen molar-refractivity contribution >= 4 is 28.8 Å². The lowest BCUT2D eigenvalue weighted by Crippen LogP contribution is -2.22. The summed E-state index contributed by atoms with van der Waals surface area (Å²) in [7, 11) is 0. The highest BCUT2D eigenvalue weighted by atomic mass is 16.4. The molecule has 0 spiro atoms. The number of rotatable bonds is 3. The summed E-state index contributed by atoms with van der Waals surface area (Å²) in [6, 6.07) is 23.1. The van der Waals surface area contributed by atoms with Crippen molar-refractivity contribution in [3.63, 3.8) is 0 Å². The van der Waals surface area contributed by atoms with Crippen LogP contribution in [0.5, 0.6) is 0 Å². The Morgan fingerprint density at radius 3 is 2.46 bits per heavy atom. The predicted octanol–water partition coefficient (Wildman–Crippen LogP) is 4.28. The molecule has 1 aliphatic heterocycles. The summed E-state index contributed by atoms with van der Waals surface area (Å²) in [6.45, 7) is 0.386. The zero-order valence-electron chi connectivity index (χ0n) is 14.9. The van der Waals surface area contributed by atoms with Crippen molar-refractivity contribution in [1.82, 2.24) is 9.88 Å². The van der Waals surface area contributed by atoms with Crippen LogP contribution in [0.25, 0.3) is 22.9 Å². The van der Waals surface area contributed by atoms with Gasteiger partial charge in [0.05, 0.1) is 17.8 Å². The molecule has 0 aliphatic carbocycles. The normalized spacial score (nSPS) is 14.8. The lowest BCUT2D eigenvalue weighted by Gasteiger charge is -2.19. The van der Waals surface area contributed by atoms with E-state index >= 15 is 0 Å². The second-order valence-corrected chi connectivity index (χ2v) is 6.72. The lowest BCUT2D eigenvalue weighted by molar-refractivity contribution is 0.0843. The number of hydrogen-bond acceptors (Lipinski definition) is 3. The summed E-state index contributed by atoms with van der Waals surface area (Å²) >= 11 is 0. The zero-order chi connectivity index (χ0) is 19.1. The monoisotopic (exact) mass is 368 g/mol. The maximum Gasteiger partial charge on any atom is 0.417 e. The predicted molar refractivity (Wildman–Crippen MR) is 107 cm³/mol. The quantitative estimate of drug-likeness (QED) is 0.587. The van der Waals surface area contributed by atoms with E-state index in [-0.39, 0.29) is 5.91 Å². The van der Waals surface area contributed by atoms with E-state index in [1.807, 2.05) is 66.7 Å². The molecule has 136 valence electrons. The van der Waals surface area contributed by atoms with Crippen LogP contribution >= 0.6 is 0 Å². The maximum atomic E-state index is 13.1. The highest BCUT2D eigenvalue weighted by Gasteiger charge is 2.31. The van der Waals surface area contributed by atoms with E-state index in [9.17, 15) is 9.59 Å². The van der Waals surface area contributed by atoms with Gasteiger partial charge in [-0.3, -0.25) is 9.78 Å². The Bertz CT molecular complexity index is 1280. The molecule has 0 saturated heterocycles. The first kappa shape index (κ1) is 16.3. The summed E-state index contributed by atoms with van der Waals surface area (Å²) in [6.07, 6.45) is 2.03. The van der Waals surface area contributed by atoms with Crippen LogP contribution in [0, 0.1) is 0 Å². The first-order valence-electron chi connectivity index (χ1n) is 8.99. The molecule has 1 amide bonds. The minimum absolute atomic E-state index is 0.0339. The Balaban J connectivity index is 1.58. The van der Waals surface area contributed by atoms with Gasteiger partial charge in [0.1, 0.15) is 0 Å². The summed E-state index contributed by atoms with van der Waals surface area (Å²) in [5.74, 6) is -0.519. The highest BCUT2D eigenvalue weighted by Crippen LogP contribution is 2.35. The van der Waals surface area contributed by atoms with Gasteiger partial charge in [0.15, 0.2) is 5.58 Å². The minimum atomic E-state index is -0.485. The van der Waals surface area contributed by atoms with Crippen molar-refractivity contribution in [3.8, 4) is 0 Å². The molecular weight excluding hydrogens is 352 g/mol. The van der Waals surface area contributed by atoms with Crippen LogP contribution in [-0.2, 0) is 6.54 Å². The van der Waals surface area contributed by atoms with E-state index < -0.39 is 5.76 Å². The molecular formula is C23H16N2O3. The van der Waals surface area contributed by atoms with Crippen LogP contribution in [0.2, 0.25) is 0 Å². The van der Waals surface area contributed by atoms with E-state index in [4.69, 9.17) is 4.42 Å². The molecule has 5 heteroatoms. The van der Waals surface area contributed by atoms with Crippen molar-refractivity contribution in [2.45, 2.75) is 6.54 Å². The molecule has 0 bridgehead atoms. The van der Waals surface area contributed by atoms with Crippen molar-refractivity contribution in [2.75, 3.05) is 0 Å². The Hall–Kier alpha value is -3.86. The molecule has 2 heterocycles. The summed E-state index contributed by atoms with van der Waals surface area (Å²) in [5.41, 5.74) is 5.52. The van der Waals surface area contributed by atoms with E-state index in [1.165, 1.54) is 0 Å². The number of fused-ring (bicyclic) bond motifs is 2. The van der Waals surface area contributed by atoms with Gasteiger partial charge < -0.3 is 9.32 Å². The number of carbonyl (C=O) groups excluding carboxylic acids is 1. The summed E-state index contributed by atoms with van der Waals surface area (Å²) in [4.78, 5) is 28.9. The van der Waals surface area contributed by atoms with Gasteiger partial charge in [-0.15, -0.1) is 0 Å². The molecule has 0 radical (unpaired) electrons. The molecule has 1 aromatic heterocycles. The molecule has 1 aliphatic rings. The number of nitrogens with one attached hydrogen (secondary N) is 1. The number of amides is 1. The Morgan fingerprint density at radius 1 is 0.893 bits per heavy atom. The molecule has 5 rings (SSSR count). The van der Waals surface area contributed by atoms with Crippen LogP contribution in [0.1, 0.15) is 27.0 Å². The molecule has 0 fully saturated rings. The number of nitrogens with zero attached hydrogens (tertiary/aromatic N) is 1. The molecule has 0 saturated carbocycles. The maximum absolute atomic E-state index is 13.1. The van der Waals surface area contributed by atoms with Gasteiger partial charge in [0.25, 0.3) is 5.91 Å². The van der Waals surface area contributed by atoms with Crippen molar-refractivity contribution in [1.29, 1.82) is 0 Å². The first-order chi connectivity index (χ1) is 13.7. The second kappa shape index (κ2) is 6.39. The number of carbonyl (C=O) groups is 1. The van der Waals surface area contributed by atoms with Crippen molar-refractivity contribution in [3.05, 3.63) is 106 Å². The van der Waals surface area contributed by atoms with E-state index in [2.05, 4.69) is 4.98 Å². The number of aromatic nitrogens is 1. The molecule has 4 aromatic rings. The van der Waals surface area contributed by atoms with Gasteiger partial charge in [-0.2, -0.15) is 0 Å². The highest BCUT2D eigenvalue weighted by molar-refractivity contribution is 6.11. The lowest BCUT2D eigenvalue weighted by atomic mass is 10.1. The van der Waals surface area contributed by atoms with Crippen LogP contribution in [0.4, 0.5) is 0 Å². The van der Waals surface area contributed by atoms with E-state index in [1.54, 1.807) is 17.0 Å². The number of hydrogen-bond donors (Lipinski definition) is 1. The summed E-state index contributed by atoms with van der Waals surface area (Å²) in [5, 5.41) is 0. The third-order valence-corrected chi connectivity index (χ3v) is 4.90. The molecule has 0 unspecified atom stereocenters. The zero-order valence-corrected chi connectivity index (χ0v) is 14.9. The van der Waals surface area contributed by atoms with Crippen LogP contribution in [0.3, 0.4) is 0 Å². The third-order valence-electron chi connectivity index (χ3n) is 4.90. The van der Waals surface area contributed by atoms with E-state index in [0.29, 0.717) is 23.2 Å². The first-order valence-corrected chi connectivity index (χ1v) is 8.99. The molecule has 28 heavy (non-hydrogen) atoms. The molecule has 1 N–H and O–H groups in total. The second-order valence-electron chi connectivity index (χ2n) is 6.72. The number of aromatic amines is 1. The molecule has 3 aromatic carbocycles. The number of oxazole rings is 1. The largest absolute Gasteiger partial charge is 0.417 e. The Kier molecular flexibility index (Phi) is 3.72. The average molecular weight is 368 g/mol. The van der Waals surface area contributed by atoms with Gasteiger partial charge >= 0.3 is 5.76 Å². The SMILES string of the molecule is O=C1c2ccccc2/C(=C\c2ccccc2)N1Cc1ccc2[nH]c(=O)oc2c1. The summed E-state index contributed by atoms with van der Waals surface area (Å²) < 4.78 is 5.16. The van der Waals surface area contributed by atoms with E-state index in [0.717, 1.165) is 22.4 Å².